The molecule has 7 nitrogen and oxygen atoms in total. The van der Waals surface area contributed by atoms with Crippen LogP contribution in [0.4, 0.5) is 5.82 Å². The van der Waals surface area contributed by atoms with E-state index in [2.05, 4.69) is 15.4 Å². The average molecular weight is 476 g/mol. The standard InChI is InChI=1S/C29H25N5O2/c1-36-24-16-12-20(13-17-24)26-19-27(30)34(33-26)23-14-10-22(11-15-23)29(35)32-28(21-7-3-2-4-8-21)25-9-5-6-18-31-25/h2-19,28H,30H2,1H3,(H,32,35). The van der Waals surface area contributed by atoms with Gasteiger partial charge < -0.3 is 15.8 Å². The first-order valence-electron chi connectivity index (χ1n) is 11.5. The van der Waals surface area contributed by atoms with E-state index in [9.17, 15) is 4.79 Å². The van der Waals surface area contributed by atoms with E-state index >= 15 is 0 Å². The van der Waals surface area contributed by atoms with Crippen molar-refractivity contribution in [3.63, 3.8) is 0 Å². The van der Waals surface area contributed by atoms with Crippen LogP contribution >= 0.6 is 0 Å². The van der Waals surface area contributed by atoms with Gasteiger partial charge in [-0.3, -0.25) is 9.78 Å². The summed E-state index contributed by atoms with van der Waals surface area (Å²) < 4.78 is 6.88. The van der Waals surface area contributed by atoms with Crippen LogP contribution in [0.15, 0.2) is 109 Å². The Labute approximate surface area is 209 Å². The average Bonchev–Trinajstić information content (AvgIpc) is 3.34. The molecule has 5 rings (SSSR count). The van der Waals surface area contributed by atoms with Crippen molar-refractivity contribution in [2.45, 2.75) is 6.04 Å². The number of nitrogens with one attached hydrogen (secondary N) is 1. The highest BCUT2D eigenvalue weighted by Gasteiger charge is 2.19. The quantitative estimate of drug-likeness (QED) is 0.344. The van der Waals surface area contributed by atoms with Crippen LogP contribution in [0.25, 0.3) is 16.9 Å². The Kier molecular flexibility index (Phi) is 6.44. The number of carbonyl (C=O) groups is 1. The minimum absolute atomic E-state index is 0.201. The molecule has 1 atom stereocenters. The second-order valence-corrected chi connectivity index (χ2v) is 8.21. The van der Waals surface area contributed by atoms with Gasteiger partial charge in [0.1, 0.15) is 11.6 Å². The van der Waals surface area contributed by atoms with E-state index in [0.29, 0.717) is 11.4 Å². The lowest BCUT2D eigenvalue weighted by Gasteiger charge is -2.19. The second-order valence-electron chi connectivity index (χ2n) is 8.21. The minimum atomic E-state index is -0.367. The number of nitrogen functional groups attached to an aromatic ring is 1. The maximum Gasteiger partial charge on any atom is 0.252 e. The highest BCUT2D eigenvalue weighted by molar-refractivity contribution is 5.94. The molecular formula is C29H25N5O2. The summed E-state index contributed by atoms with van der Waals surface area (Å²) in [5, 5.41) is 7.76. The molecule has 0 fully saturated rings. The van der Waals surface area contributed by atoms with Gasteiger partial charge in [0.25, 0.3) is 5.91 Å². The number of anilines is 1. The molecule has 0 aliphatic carbocycles. The number of carbonyl (C=O) groups excluding carboxylic acids is 1. The lowest BCUT2D eigenvalue weighted by atomic mass is 10.0. The third-order valence-corrected chi connectivity index (χ3v) is 5.89. The van der Waals surface area contributed by atoms with Crippen LogP contribution in [0.3, 0.4) is 0 Å². The smallest absolute Gasteiger partial charge is 0.252 e. The number of ether oxygens (including phenoxy) is 1. The Balaban J connectivity index is 1.36. The maximum atomic E-state index is 13.2. The van der Waals surface area contributed by atoms with E-state index in [1.165, 1.54) is 0 Å². The fourth-order valence-corrected chi connectivity index (χ4v) is 3.99. The van der Waals surface area contributed by atoms with E-state index in [1.807, 2.05) is 91.0 Å². The summed E-state index contributed by atoms with van der Waals surface area (Å²) in [6.45, 7) is 0. The first kappa shape index (κ1) is 22.9. The topological polar surface area (TPSA) is 95.1 Å². The zero-order valence-corrected chi connectivity index (χ0v) is 19.7. The highest BCUT2D eigenvalue weighted by atomic mass is 16.5. The lowest BCUT2D eigenvalue weighted by Crippen LogP contribution is -2.29. The third-order valence-electron chi connectivity index (χ3n) is 5.89. The van der Waals surface area contributed by atoms with Crippen LogP contribution in [0.1, 0.15) is 27.7 Å². The van der Waals surface area contributed by atoms with E-state index in [1.54, 1.807) is 30.1 Å². The molecule has 0 spiro atoms. The van der Waals surface area contributed by atoms with Crippen LogP contribution in [0, 0.1) is 0 Å². The molecular weight excluding hydrogens is 450 g/mol. The summed E-state index contributed by atoms with van der Waals surface area (Å²) in [5.74, 6) is 1.07. The molecule has 1 unspecified atom stereocenters. The summed E-state index contributed by atoms with van der Waals surface area (Å²) in [7, 11) is 1.63. The van der Waals surface area contributed by atoms with E-state index in [0.717, 1.165) is 34.0 Å². The van der Waals surface area contributed by atoms with Crippen LogP contribution < -0.4 is 15.8 Å². The van der Waals surface area contributed by atoms with Gasteiger partial charge in [-0.05, 0) is 66.2 Å². The van der Waals surface area contributed by atoms with Gasteiger partial charge in [0.2, 0.25) is 0 Å². The zero-order valence-electron chi connectivity index (χ0n) is 19.7. The first-order valence-corrected chi connectivity index (χ1v) is 11.5. The van der Waals surface area contributed by atoms with Crippen molar-refractivity contribution in [1.82, 2.24) is 20.1 Å². The molecule has 0 saturated heterocycles. The van der Waals surface area contributed by atoms with Crippen LogP contribution in [0.5, 0.6) is 5.75 Å². The molecule has 0 saturated carbocycles. The normalized spacial score (nSPS) is 11.6. The van der Waals surface area contributed by atoms with Gasteiger partial charge in [-0.2, -0.15) is 5.10 Å². The molecule has 0 radical (unpaired) electrons. The molecule has 3 aromatic carbocycles. The molecule has 2 aromatic heterocycles. The van der Waals surface area contributed by atoms with Crippen molar-refractivity contribution in [2.75, 3.05) is 12.8 Å². The number of nitrogens with zero attached hydrogens (tertiary/aromatic N) is 3. The summed E-state index contributed by atoms with van der Waals surface area (Å²) >= 11 is 0. The van der Waals surface area contributed by atoms with Crippen LogP contribution in [-0.2, 0) is 0 Å². The minimum Gasteiger partial charge on any atom is -0.497 e. The first-order chi connectivity index (χ1) is 17.6. The fourth-order valence-electron chi connectivity index (χ4n) is 3.99. The number of rotatable bonds is 7. The number of hydrogen-bond donors (Lipinski definition) is 2. The summed E-state index contributed by atoms with van der Waals surface area (Å²) in [5.41, 5.74) is 10.9. The van der Waals surface area contributed by atoms with Crippen molar-refractivity contribution in [1.29, 1.82) is 0 Å². The van der Waals surface area contributed by atoms with Gasteiger partial charge >= 0.3 is 0 Å². The van der Waals surface area contributed by atoms with E-state index in [-0.39, 0.29) is 11.9 Å². The monoisotopic (exact) mass is 475 g/mol. The molecule has 0 aliphatic rings. The summed E-state index contributed by atoms with van der Waals surface area (Å²) in [4.78, 5) is 17.6. The number of benzene rings is 3. The molecule has 178 valence electrons. The number of hydrogen-bond acceptors (Lipinski definition) is 5. The SMILES string of the molecule is COc1ccc(-c2cc(N)n(-c3ccc(C(=O)NC(c4ccccc4)c4ccccn4)cc3)n2)cc1. The van der Waals surface area contributed by atoms with Crippen molar-refractivity contribution in [3.05, 3.63) is 126 Å². The second kappa shape index (κ2) is 10.1. The van der Waals surface area contributed by atoms with E-state index in [4.69, 9.17) is 10.5 Å². The molecule has 0 bridgehead atoms. The fraction of sp³-hybridized carbons (Fsp3) is 0.0690. The van der Waals surface area contributed by atoms with Gasteiger partial charge in [-0.1, -0.05) is 36.4 Å². The van der Waals surface area contributed by atoms with Gasteiger partial charge in [-0.15, -0.1) is 0 Å². The highest BCUT2D eigenvalue weighted by Crippen LogP contribution is 2.25. The van der Waals surface area contributed by atoms with Gasteiger partial charge in [-0.25, -0.2) is 4.68 Å². The van der Waals surface area contributed by atoms with Gasteiger partial charge in [0, 0.05) is 23.4 Å². The Morgan fingerprint density at radius 3 is 2.31 bits per heavy atom. The lowest BCUT2D eigenvalue weighted by molar-refractivity contribution is 0.0942. The third kappa shape index (κ3) is 4.81. The van der Waals surface area contributed by atoms with Crippen molar-refractivity contribution < 1.29 is 9.53 Å². The van der Waals surface area contributed by atoms with Crippen molar-refractivity contribution >= 4 is 11.7 Å². The molecule has 3 N–H and O–H groups in total. The van der Waals surface area contributed by atoms with Crippen molar-refractivity contribution in [2.24, 2.45) is 0 Å². The number of amides is 1. The predicted octanol–water partition coefficient (Wildman–Crippen LogP) is 5.04. The molecule has 1 amide bonds. The number of aromatic nitrogens is 3. The molecule has 5 aromatic rings. The molecule has 0 aliphatic heterocycles. The Bertz CT molecular complexity index is 1410. The van der Waals surface area contributed by atoms with Crippen LogP contribution in [0.2, 0.25) is 0 Å². The molecule has 7 heteroatoms. The Hall–Kier alpha value is -4.91. The molecule has 2 heterocycles. The van der Waals surface area contributed by atoms with Crippen molar-refractivity contribution in [3.8, 4) is 22.7 Å². The largest absolute Gasteiger partial charge is 0.497 e. The summed E-state index contributed by atoms with van der Waals surface area (Å²) in [6, 6.07) is 31.7. The summed E-state index contributed by atoms with van der Waals surface area (Å²) in [6.07, 6.45) is 1.72. The zero-order chi connectivity index (χ0) is 24.9. The Morgan fingerprint density at radius 2 is 1.64 bits per heavy atom. The number of methoxy groups -OCH3 is 1. The predicted molar refractivity (Wildman–Crippen MR) is 140 cm³/mol. The van der Waals surface area contributed by atoms with E-state index < -0.39 is 0 Å². The van der Waals surface area contributed by atoms with Crippen LogP contribution in [-0.4, -0.2) is 27.8 Å². The Morgan fingerprint density at radius 1 is 0.917 bits per heavy atom. The van der Waals surface area contributed by atoms with Gasteiger partial charge in [0.15, 0.2) is 0 Å². The van der Waals surface area contributed by atoms with Gasteiger partial charge in [0.05, 0.1) is 30.2 Å². The number of pyridine rings is 1. The molecule has 36 heavy (non-hydrogen) atoms. The maximum absolute atomic E-state index is 13.2. The number of nitrogens with two attached hydrogens (primary N) is 1.